The molecular formula is C15H19N3O. The number of hydrogen-bond donors (Lipinski definition) is 0. The number of hydrogen-bond acceptors (Lipinski definition) is 4. The Morgan fingerprint density at radius 2 is 2.00 bits per heavy atom. The molecule has 1 saturated heterocycles. The Labute approximate surface area is 113 Å². The first-order valence-corrected chi connectivity index (χ1v) is 6.81. The van der Waals surface area contributed by atoms with Crippen molar-refractivity contribution in [1.82, 2.24) is 9.97 Å². The zero-order valence-electron chi connectivity index (χ0n) is 11.5. The first-order chi connectivity index (χ1) is 9.28. The summed E-state index contributed by atoms with van der Waals surface area (Å²) in [6, 6.07) is 6.00. The number of nitrogens with zero attached hydrogens (tertiary/aromatic N) is 3. The van der Waals surface area contributed by atoms with Gasteiger partial charge in [0.05, 0.1) is 12.6 Å². The number of ether oxygens (including phenoxy) is 1. The molecule has 0 bridgehead atoms. The van der Waals surface area contributed by atoms with E-state index in [1.807, 2.05) is 12.1 Å². The Balaban J connectivity index is 1.99. The van der Waals surface area contributed by atoms with E-state index in [1.54, 1.807) is 13.4 Å². The maximum Gasteiger partial charge on any atom is 0.139 e. The Kier molecular flexibility index (Phi) is 3.23. The minimum Gasteiger partial charge on any atom is -0.497 e. The summed E-state index contributed by atoms with van der Waals surface area (Å²) in [4.78, 5) is 11.2. The first-order valence-electron chi connectivity index (χ1n) is 6.81. The number of piperidine rings is 1. The first kappa shape index (κ1) is 12.2. The van der Waals surface area contributed by atoms with Gasteiger partial charge in [-0.1, -0.05) is 6.92 Å². The van der Waals surface area contributed by atoms with Crippen molar-refractivity contribution in [3.63, 3.8) is 0 Å². The largest absolute Gasteiger partial charge is 0.497 e. The Hall–Kier alpha value is -1.84. The van der Waals surface area contributed by atoms with Crippen molar-refractivity contribution >= 4 is 16.7 Å². The number of anilines is 1. The summed E-state index contributed by atoms with van der Waals surface area (Å²) >= 11 is 0. The van der Waals surface area contributed by atoms with Crippen LogP contribution < -0.4 is 9.64 Å². The van der Waals surface area contributed by atoms with Gasteiger partial charge in [-0.2, -0.15) is 0 Å². The van der Waals surface area contributed by atoms with Gasteiger partial charge in [0.25, 0.3) is 0 Å². The topological polar surface area (TPSA) is 38.2 Å². The van der Waals surface area contributed by atoms with Crippen LogP contribution in [0.3, 0.4) is 0 Å². The van der Waals surface area contributed by atoms with E-state index >= 15 is 0 Å². The second-order valence-electron chi connectivity index (χ2n) is 5.25. The normalized spacial score (nSPS) is 16.8. The monoisotopic (exact) mass is 257 g/mol. The van der Waals surface area contributed by atoms with Crippen LogP contribution in [0.5, 0.6) is 5.75 Å². The summed E-state index contributed by atoms with van der Waals surface area (Å²) in [6.07, 6.45) is 4.12. The average Bonchev–Trinajstić information content (AvgIpc) is 2.47. The molecule has 19 heavy (non-hydrogen) atoms. The fourth-order valence-corrected chi connectivity index (χ4v) is 2.62. The third-order valence-electron chi connectivity index (χ3n) is 3.91. The van der Waals surface area contributed by atoms with Crippen molar-refractivity contribution in [1.29, 1.82) is 0 Å². The van der Waals surface area contributed by atoms with Gasteiger partial charge < -0.3 is 9.64 Å². The molecule has 2 heterocycles. The third kappa shape index (κ3) is 2.35. The van der Waals surface area contributed by atoms with Gasteiger partial charge in [0.1, 0.15) is 17.9 Å². The minimum absolute atomic E-state index is 0.824. The van der Waals surface area contributed by atoms with Gasteiger partial charge in [-0.3, -0.25) is 0 Å². The molecule has 1 aliphatic heterocycles. The highest BCUT2D eigenvalue weighted by molar-refractivity contribution is 5.90. The molecule has 4 heteroatoms. The summed E-state index contributed by atoms with van der Waals surface area (Å²) in [6.45, 7) is 4.49. The fraction of sp³-hybridized carbons (Fsp3) is 0.467. The van der Waals surface area contributed by atoms with E-state index in [2.05, 4.69) is 27.9 Å². The van der Waals surface area contributed by atoms with E-state index in [1.165, 1.54) is 12.8 Å². The molecule has 0 radical (unpaired) electrons. The Morgan fingerprint density at radius 3 is 2.74 bits per heavy atom. The van der Waals surface area contributed by atoms with Crippen LogP contribution in [0.1, 0.15) is 19.8 Å². The van der Waals surface area contributed by atoms with Crippen LogP contribution in [0.25, 0.3) is 10.9 Å². The van der Waals surface area contributed by atoms with Crippen molar-refractivity contribution in [2.24, 2.45) is 5.92 Å². The molecule has 100 valence electrons. The molecule has 1 aromatic carbocycles. The molecular weight excluding hydrogens is 238 g/mol. The summed E-state index contributed by atoms with van der Waals surface area (Å²) in [7, 11) is 1.68. The molecule has 2 aromatic rings. The lowest BCUT2D eigenvalue weighted by Gasteiger charge is -2.31. The lowest BCUT2D eigenvalue weighted by atomic mass is 9.99. The highest BCUT2D eigenvalue weighted by Crippen LogP contribution is 2.29. The fourth-order valence-electron chi connectivity index (χ4n) is 2.62. The summed E-state index contributed by atoms with van der Waals surface area (Å²) < 4.78 is 5.25. The molecule has 3 rings (SSSR count). The van der Waals surface area contributed by atoms with Crippen LogP contribution in [0, 0.1) is 5.92 Å². The van der Waals surface area contributed by atoms with E-state index in [0.29, 0.717) is 0 Å². The number of fused-ring (bicyclic) bond motifs is 1. The van der Waals surface area contributed by atoms with E-state index in [9.17, 15) is 0 Å². The van der Waals surface area contributed by atoms with Gasteiger partial charge in [0.15, 0.2) is 0 Å². The molecule has 0 atom stereocenters. The molecule has 0 aliphatic carbocycles. The van der Waals surface area contributed by atoms with Gasteiger partial charge in [-0.15, -0.1) is 0 Å². The molecule has 0 spiro atoms. The molecule has 0 amide bonds. The zero-order valence-corrected chi connectivity index (χ0v) is 11.5. The summed E-state index contributed by atoms with van der Waals surface area (Å²) in [5.74, 6) is 2.72. The van der Waals surface area contributed by atoms with E-state index < -0.39 is 0 Å². The molecule has 1 fully saturated rings. The van der Waals surface area contributed by atoms with Crippen LogP contribution in [-0.2, 0) is 0 Å². The van der Waals surface area contributed by atoms with Crippen molar-refractivity contribution in [3.05, 3.63) is 24.5 Å². The highest BCUT2D eigenvalue weighted by atomic mass is 16.5. The third-order valence-corrected chi connectivity index (χ3v) is 3.91. The van der Waals surface area contributed by atoms with Crippen LogP contribution in [0.4, 0.5) is 5.82 Å². The molecule has 1 aliphatic rings. The lowest BCUT2D eigenvalue weighted by molar-refractivity contribution is 0.415. The second kappa shape index (κ2) is 5.03. The maximum absolute atomic E-state index is 5.25. The molecule has 1 aromatic heterocycles. The summed E-state index contributed by atoms with van der Waals surface area (Å²) in [5.41, 5.74) is 0.947. The zero-order chi connectivity index (χ0) is 13.2. The number of aromatic nitrogens is 2. The Bertz CT molecular complexity index is 577. The van der Waals surface area contributed by atoms with Crippen LogP contribution >= 0.6 is 0 Å². The van der Waals surface area contributed by atoms with Gasteiger partial charge in [-0.05, 0) is 30.9 Å². The molecule has 4 nitrogen and oxygen atoms in total. The predicted octanol–water partition coefficient (Wildman–Crippen LogP) is 2.87. The van der Waals surface area contributed by atoms with Crippen LogP contribution in [-0.4, -0.2) is 30.2 Å². The van der Waals surface area contributed by atoms with E-state index in [4.69, 9.17) is 4.74 Å². The molecule has 0 saturated carbocycles. The van der Waals surface area contributed by atoms with Crippen LogP contribution in [0.2, 0.25) is 0 Å². The van der Waals surface area contributed by atoms with Crippen molar-refractivity contribution in [2.75, 3.05) is 25.1 Å². The quantitative estimate of drug-likeness (QED) is 0.829. The van der Waals surface area contributed by atoms with Crippen molar-refractivity contribution < 1.29 is 4.74 Å². The van der Waals surface area contributed by atoms with Crippen LogP contribution in [0.15, 0.2) is 24.5 Å². The smallest absolute Gasteiger partial charge is 0.139 e. The van der Waals surface area contributed by atoms with E-state index in [-0.39, 0.29) is 0 Å². The predicted molar refractivity (Wildman–Crippen MR) is 76.7 cm³/mol. The molecule has 0 unspecified atom stereocenters. The highest BCUT2D eigenvalue weighted by Gasteiger charge is 2.19. The minimum atomic E-state index is 0.824. The SMILES string of the molecule is COc1ccc2c(N3CCC(C)CC3)ncnc2c1. The van der Waals surface area contributed by atoms with E-state index in [0.717, 1.165) is 41.5 Å². The average molecular weight is 257 g/mol. The molecule has 0 N–H and O–H groups in total. The van der Waals surface area contributed by atoms with Gasteiger partial charge in [0.2, 0.25) is 0 Å². The van der Waals surface area contributed by atoms with Gasteiger partial charge >= 0.3 is 0 Å². The van der Waals surface area contributed by atoms with Crippen molar-refractivity contribution in [3.8, 4) is 5.75 Å². The summed E-state index contributed by atoms with van der Waals surface area (Å²) in [5, 5.41) is 1.11. The van der Waals surface area contributed by atoms with Gasteiger partial charge in [-0.25, -0.2) is 9.97 Å². The Morgan fingerprint density at radius 1 is 1.21 bits per heavy atom. The number of rotatable bonds is 2. The van der Waals surface area contributed by atoms with Crippen molar-refractivity contribution in [2.45, 2.75) is 19.8 Å². The van der Waals surface area contributed by atoms with Gasteiger partial charge in [0, 0.05) is 24.5 Å². The standard InChI is InChI=1S/C15H19N3O/c1-11-5-7-18(8-6-11)15-13-4-3-12(19-2)9-14(13)16-10-17-15/h3-4,9-11H,5-8H2,1-2H3. The second-order valence-corrected chi connectivity index (χ2v) is 5.25. The number of benzene rings is 1. The lowest BCUT2D eigenvalue weighted by Crippen LogP contribution is -2.33. The maximum atomic E-state index is 5.25. The number of methoxy groups -OCH3 is 1.